The summed E-state index contributed by atoms with van der Waals surface area (Å²) in [7, 11) is 0. The summed E-state index contributed by atoms with van der Waals surface area (Å²) in [6.45, 7) is 0.101. The third kappa shape index (κ3) is 3.14. The summed E-state index contributed by atoms with van der Waals surface area (Å²) in [4.78, 5) is 12.1. The maximum atomic E-state index is 12.1. The average molecular weight is 370 g/mol. The van der Waals surface area contributed by atoms with E-state index in [-0.39, 0.29) is 12.4 Å². The molecule has 3 rings (SSSR count). The Balaban J connectivity index is 1.72. The molecule has 108 valence electrons. The Hall–Kier alpha value is -1.72. The fourth-order valence-corrected chi connectivity index (χ4v) is 2.58. The zero-order valence-electron chi connectivity index (χ0n) is 10.7. The molecule has 21 heavy (non-hydrogen) atoms. The second-order valence-electron chi connectivity index (χ2n) is 4.36. The molecule has 1 atom stereocenters. The van der Waals surface area contributed by atoms with Crippen molar-refractivity contribution < 1.29 is 19.0 Å². The molecular formula is C15H10BrClO4. The Morgan fingerprint density at radius 3 is 2.76 bits per heavy atom. The zero-order valence-corrected chi connectivity index (χ0v) is 13.1. The van der Waals surface area contributed by atoms with E-state index in [0.717, 1.165) is 4.47 Å². The first-order valence-corrected chi connectivity index (χ1v) is 7.36. The Labute approximate surface area is 134 Å². The molecule has 2 aromatic carbocycles. The van der Waals surface area contributed by atoms with Gasteiger partial charge in [0.15, 0.2) is 11.5 Å². The van der Waals surface area contributed by atoms with Crippen LogP contribution in [0.1, 0.15) is 0 Å². The van der Waals surface area contributed by atoms with Gasteiger partial charge in [-0.05, 0) is 30.3 Å². The third-order valence-corrected chi connectivity index (χ3v) is 3.66. The predicted octanol–water partition coefficient (Wildman–Crippen LogP) is 3.85. The summed E-state index contributed by atoms with van der Waals surface area (Å²) in [5.41, 5.74) is 0. The average Bonchev–Trinajstić information content (AvgIpc) is 2.49. The first kappa shape index (κ1) is 14.2. The van der Waals surface area contributed by atoms with Crippen molar-refractivity contribution in [2.75, 3.05) is 6.61 Å². The second kappa shape index (κ2) is 5.95. The Morgan fingerprint density at radius 2 is 2.00 bits per heavy atom. The van der Waals surface area contributed by atoms with Crippen LogP contribution in [0.15, 0.2) is 46.9 Å². The number of ether oxygens (including phenoxy) is 3. The fourth-order valence-electron chi connectivity index (χ4n) is 1.87. The van der Waals surface area contributed by atoms with E-state index in [1.807, 2.05) is 12.1 Å². The van der Waals surface area contributed by atoms with E-state index in [1.54, 1.807) is 30.3 Å². The van der Waals surface area contributed by atoms with Crippen molar-refractivity contribution in [1.82, 2.24) is 0 Å². The van der Waals surface area contributed by atoms with Crippen molar-refractivity contribution in [1.29, 1.82) is 0 Å². The third-order valence-electron chi connectivity index (χ3n) is 2.88. The van der Waals surface area contributed by atoms with E-state index < -0.39 is 12.1 Å². The summed E-state index contributed by atoms with van der Waals surface area (Å²) in [5, 5.41) is 0.342. The molecule has 4 nitrogen and oxygen atoms in total. The van der Waals surface area contributed by atoms with Gasteiger partial charge in [0.1, 0.15) is 12.4 Å². The van der Waals surface area contributed by atoms with E-state index in [2.05, 4.69) is 15.9 Å². The Bertz CT molecular complexity index is 689. The lowest BCUT2D eigenvalue weighted by atomic mass is 10.2. The van der Waals surface area contributed by atoms with Gasteiger partial charge < -0.3 is 14.2 Å². The maximum Gasteiger partial charge on any atom is 0.356 e. The normalized spacial score (nSPS) is 16.4. The lowest BCUT2D eigenvalue weighted by molar-refractivity contribution is -0.144. The minimum atomic E-state index is -0.820. The van der Waals surface area contributed by atoms with Crippen molar-refractivity contribution >= 4 is 33.5 Å². The zero-order chi connectivity index (χ0) is 14.8. The van der Waals surface area contributed by atoms with E-state index in [9.17, 15) is 4.79 Å². The highest BCUT2D eigenvalue weighted by molar-refractivity contribution is 9.10. The quantitative estimate of drug-likeness (QED) is 0.596. The summed E-state index contributed by atoms with van der Waals surface area (Å²) < 4.78 is 17.1. The molecule has 1 aliphatic heterocycles. The number of fused-ring (bicyclic) bond motifs is 1. The number of hydrogen-bond donors (Lipinski definition) is 0. The molecular weight excluding hydrogens is 360 g/mol. The van der Waals surface area contributed by atoms with E-state index in [1.165, 1.54) is 0 Å². The molecule has 6 heteroatoms. The summed E-state index contributed by atoms with van der Waals surface area (Å²) in [6.07, 6.45) is -0.820. The highest BCUT2D eigenvalue weighted by atomic mass is 79.9. The minimum absolute atomic E-state index is 0.101. The molecule has 0 radical (unpaired) electrons. The van der Waals surface area contributed by atoms with Gasteiger partial charge >= 0.3 is 5.97 Å². The molecule has 0 unspecified atom stereocenters. The van der Waals surface area contributed by atoms with Gasteiger partial charge in [0.05, 0.1) is 5.02 Å². The minimum Gasteiger partial charge on any atom is -0.485 e. The van der Waals surface area contributed by atoms with Crippen LogP contribution >= 0.6 is 27.5 Å². The fraction of sp³-hybridized carbons (Fsp3) is 0.133. The van der Waals surface area contributed by atoms with Crippen molar-refractivity contribution in [3.63, 3.8) is 0 Å². The van der Waals surface area contributed by atoms with Gasteiger partial charge in [0.25, 0.3) is 0 Å². The molecule has 0 fully saturated rings. The Kier molecular flexibility index (Phi) is 4.03. The number of esters is 1. The number of para-hydroxylation sites is 2. The number of benzene rings is 2. The van der Waals surface area contributed by atoms with Crippen LogP contribution in [0.2, 0.25) is 5.02 Å². The molecule has 0 saturated heterocycles. The highest BCUT2D eigenvalue weighted by Gasteiger charge is 2.29. The lowest BCUT2D eigenvalue weighted by Gasteiger charge is -2.24. The molecule has 2 aromatic rings. The van der Waals surface area contributed by atoms with Crippen LogP contribution in [0, 0.1) is 0 Å². The highest BCUT2D eigenvalue weighted by Crippen LogP contribution is 2.32. The molecule has 0 amide bonds. The van der Waals surface area contributed by atoms with Gasteiger partial charge in [-0.15, -0.1) is 0 Å². The van der Waals surface area contributed by atoms with Crippen molar-refractivity contribution in [3.05, 3.63) is 52.0 Å². The van der Waals surface area contributed by atoms with Gasteiger partial charge in [-0.25, -0.2) is 4.79 Å². The van der Waals surface area contributed by atoms with Crippen LogP contribution in [0.5, 0.6) is 17.2 Å². The first-order chi connectivity index (χ1) is 10.1. The summed E-state index contributed by atoms with van der Waals surface area (Å²) >= 11 is 9.30. The topological polar surface area (TPSA) is 44.8 Å². The number of carbonyl (C=O) groups excluding carboxylic acids is 1. The smallest absolute Gasteiger partial charge is 0.356 e. The molecule has 0 spiro atoms. The van der Waals surface area contributed by atoms with E-state index in [0.29, 0.717) is 16.5 Å². The second-order valence-corrected chi connectivity index (χ2v) is 5.68. The molecule has 1 heterocycles. The van der Waals surface area contributed by atoms with Crippen molar-refractivity contribution in [2.45, 2.75) is 6.10 Å². The van der Waals surface area contributed by atoms with Crippen LogP contribution in [0.3, 0.4) is 0 Å². The van der Waals surface area contributed by atoms with E-state index in [4.69, 9.17) is 25.8 Å². The largest absolute Gasteiger partial charge is 0.485 e. The summed E-state index contributed by atoms with van der Waals surface area (Å²) in [5.74, 6) is 0.872. The van der Waals surface area contributed by atoms with E-state index >= 15 is 0 Å². The van der Waals surface area contributed by atoms with Gasteiger partial charge in [-0.3, -0.25) is 0 Å². The molecule has 1 aliphatic rings. The SMILES string of the molecule is O=C(Oc1ccc(Br)cc1Cl)[C@H]1COc2ccccc2O1. The van der Waals surface area contributed by atoms with Gasteiger partial charge in [-0.1, -0.05) is 39.7 Å². The number of rotatable bonds is 2. The number of carbonyl (C=O) groups is 1. The van der Waals surface area contributed by atoms with Crippen LogP contribution in [0.25, 0.3) is 0 Å². The van der Waals surface area contributed by atoms with Crippen molar-refractivity contribution in [3.8, 4) is 17.2 Å². The monoisotopic (exact) mass is 368 g/mol. The van der Waals surface area contributed by atoms with Crippen LogP contribution in [0.4, 0.5) is 0 Å². The number of hydrogen-bond acceptors (Lipinski definition) is 4. The Morgan fingerprint density at radius 1 is 1.24 bits per heavy atom. The van der Waals surface area contributed by atoms with Crippen LogP contribution in [-0.2, 0) is 4.79 Å². The molecule has 0 aromatic heterocycles. The standard InChI is InChI=1S/C15H10BrClO4/c16-9-5-6-11(10(17)7-9)21-15(18)14-8-19-12-3-1-2-4-13(12)20-14/h1-7,14H,8H2/t14-/m1/s1. The summed E-state index contributed by atoms with van der Waals surface area (Å²) in [6, 6.07) is 12.2. The lowest BCUT2D eigenvalue weighted by Crippen LogP contribution is -2.39. The maximum absolute atomic E-state index is 12.1. The molecule has 0 N–H and O–H groups in total. The van der Waals surface area contributed by atoms with Crippen LogP contribution < -0.4 is 14.2 Å². The van der Waals surface area contributed by atoms with Gasteiger partial charge in [-0.2, -0.15) is 0 Å². The van der Waals surface area contributed by atoms with Crippen molar-refractivity contribution in [2.24, 2.45) is 0 Å². The first-order valence-electron chi connectivity index (χ1n) is 6.19. The molecule has 0 aliphatic carbocycles. The number of halogens is 2. The molecule has 0 saturated carbocycles. The molecule has 0 bridgehead atoms. The van der Waals surface area contributed by atoms with Gasteiger partial charge in [0, 0.05) is 4.47 Å². The van der Waals surface area contributed by atoms with Gasteiger partial charge in [0.2, 0.25) is 6.10 Å². The predicted molar refractivity (Wildman–Crippen MR) is 81.1 cm³/mol. The van der Waals surface area contributed by atoms with Crippen LogP contribution in [-0.4, -0.2) is 18.7 Å².